The Bertz CT molecular complexity index is 690. The van der Waals surface area contributed by atoms with E-state index < -0.39 is 0 Å². The van der Waals surface area contributed by atoms with E-state index in [2.05, 4.69) is 28.1 Å². The Hall–Kier alpha value is -1.81. The highest BCUT2D eigenvalue weighted by molar-refractivity contribution is 9.10. The van der Waals surface area contributed by atoms with Gasteiger partial charge in [0.15, 0.2) is 0 Å². The molecule has 1 saturated carbocycles. The van der Waals surface area contributed by atoms with Crippen LogP contribution in [0.1, 0.15) is 24.0 Å². The zero-order valence-electron chi connectivity index (χ0n) is 13.4. The third kappa shape index (κ3) is 3.27. The Kier molecular flexibility index (Phi) is 4.44. The lowest BCUT2D eigenvalue weighted by Gasteiger charge is -2.24. The van der Waals surface area contributed by atoms with E-state index >= 15 is 0 Å². The minimum absolute atomic E-state index is 0.204. The molecular weight excluding hydrogens is 354 g/mol. The van der Waals surface area contributed by atoms with Gasteiger partial charge >= 0.3 is 0 Å². The summed E-state index contributed by atoms with van der Waals surface area (Å²) in [6, 6.07) is 16.0. The Morgan fingerprint density at radius 3 is 2.26 bits per heavy atom. The molecule has 0 unspecified atom stereocenters. The van der Waals surface area contributed by atoms with Crippen LogP contribution < -0.4 is 4.74 Å². The second kappa shape index (κ2) is 6.36. The maximum Gasteiger partial charge on any atom is 0.233 e. The van der Waals surface area contributed by atoms with Crippen LogP contribution >= 0.6 is 15.9 Å². The number of hydrogen-bond donors (Lipinski definition) is 0. The summed E-state index contributed by atoms with van der Waals surface area (Å²) >= 11 is 3.45. The highest BCUT2D eigenvalue weighted by Crippen LogP contribution is 2.49. The minimum Gasteiger partial charge on any atom is -0.497 e. The van der Waals surface area contributed by atoms with E-state index in [1.54, 1.807) is 7.11 Å². The van der Waals surface area contributed by atoms with E-state index in [4.69, 9.17) is 4.74 Å². The van der Waals surface area contributed by atoms with Gasteiger partial charge in [-0.25, -0.2) is 0 Å². The lowest BCUT2D eigenvalue weighted by atomic mass is 9.94. The number of ether oxygens (including phenoxy) is 1. The molecule has 0 aliphatic heterocycles. The fraction of sp³-hybridized carbons (Fsp3) is 0.316. The Balaban J connectivity index is 1.72. The van der Waals surface area contributed by atoms with E-state index in [1.165, 1.54) is 0 Å². The van der Waals surface area contributed by atoms with E-state index in [9.17, 15) is 4.79 Å². The first-order valence-corrected chi connectivity index (χ1v) is 8.49. The van der Waals surface area contributed by atoms with Crippen LogP contribution in [0.15, 0.2) is 53.0 Å². The van der Waals surface area contributed by atoms with E-state index in [-0.39, 0.29) is 11.3 Å². The van der Waals surface area contributed by atoms with E-state index in [0.29, 0.717) is 6.54 Å². The van der Waals surface area contributed by atoms with Crippen LogP contribution in [-0.2, 0) is 16.8 Å². The van der Waals surface area contributed by atoms with Crippen molar-refractivity contribution in [1.29, 1.82) is 0 Å². The predicted octanol–water partition coefficient (Wildman–Crippen LogP) is 4.15. The molecule has 0 saturated heterocycles. The number of halogens is 1. The van der Waals surface area contributed by atoms with Gasteiger partial charge in [-0.2, -0.15) is 0 Å². The van der Waals surface area contributed by atoms with Gasteiger partial charge in [0.05, 0.1) is 12.5 Å². The van der Waals surface area contributed by atoms with Gasteiger partial charge < -0.3 is 9.64 Å². The van der Waals surface area contributed by atoms with Crippen molar-refractivity contribution in [3.63, 3.8) is 0 Å². The van der Waals surface area contributed by atoms with E-state index in [0.717, 1.165) is 34.2 Å². The number of likely N-dealkylation sites (N-methyl/N-ethyl adjacent to an activating group) is 1. The van der Waals surface area contributed by atoms with Crippen molar-refractivity contribution in [2.24, 2.45) is 0 Å². The van der Waals surface area contributed by atoms with Gasteiger partial charge in [0, 0.05) is 18.1 Å². The smallest absolute Gasteiger partial charge is 0.233 e. The summed E-state index contributed by atoms with van der Waals surface area (Å²) < 4.78 is 6.21. The topological polar surface area (TPSA) is 29.5 Å². The molecular formula is C19H20BrNO2. The average molecular weight is 374 g/mol. The zero-order valence-corrected chi connectivity index (χ0v) is 15.0. The molecule has 0 heterocycles. The second-order valence-electron chi connectivity index (χ2n) is 6.10. The molecule has 0 N–H and O–H groups in total. The first-order valence-electron chi connectivity index (χ1n) is 7.70. The largest absolute Gasteiger partial charge is 0.497 e. The molecule has 3 nitrogen and oxygen atoms in total. The maximum atomic E-state index is 12.9. The van der Waals surface area contributed by atoms with Gasteiger partial charge in [-0.05, 0) is 48.2 Å². The second-order valence-corrected chi connectivity index (χ2v) is 7.01. The van der Waals surface area contributed by atoms with Crippen LogP contribution in [0.25, 0.3) is 0 Å². The highest BCUT2D eigenvalue weighted by Gasteiger charge is 2.52. The Morgan fingerprint density at radius 1 is 1.13 bits per heavy atom. The molecule has 3 rings (SSSR count). The van der Waals surface area contributed by atoms with Gasteiger partial charge in [-0.15, -0.1) is 0 Å². The van der Waals surface area contributed by atoms with Gasteiger partial charge in [0.25, 0.3) is 0 Å². The van der Waals surface area contributed by atoms with Crippen molar-refractivity contribution < 1.29 is 9.53 Å². The molecule has 0 aromatic heterocycles. The predicted molar refractivity (Wildman–Crippen MR) is 94.5 cm³/mol. The molecule has 0 radical (unpaired) electrons. The van der Waals surface area contributed by atoms with Crippen LogP contribution in [0.2, 0.25) is 0 Å². The number of rotatable bonds is 5. The fourth-order valence-electron chi connectivity index (χ4n) is 2.96. The average Bonchev–Trinajstić information content (AvgIpc) is 3.37. The molecule has 0 atom stereocenters. The van der Waals surface area contributed by atoms with E-state index in [1.807, 2.05) is 48.3 Å². The summed E-state index contributed by atoms with van der Waals surface area (Å²) in [5.41, 5.74) is 1.91. The quantitative estimate of drug-likeness (QED) is 0.787. The molecule has 4 heteroatoms. The van der Waals surface area contributed by atoms with Crippen molar-refractivity contribution in [2.75, 3.05) is 14.2 Å². The molecule has 23 heavy (non-hydrogen) atoms. The monoisotopic (exact) mass is 373 g/mol. The van der Waals surface area contributed by atoms with Crippen molar-refractivity contribution >= 4 is 21.8 Å². The standard InChI is InChI=1S/C19H20BrNO2/c1-21(13-14-3-9-17(23-2)10-4-14)18(22)19(11-12-19)15-5-7-16(20)8-6-15/h3-10H,11-13H2,1-2H3. The summed E-state index contributed by atoms with van der Waals surface area (Å²) in [6.45, 7) is 0.612. The van der Waals surface area contributed by atoms with Gasteiger partial charge in [0.2, 0.25) is 5.91 Å². The van der Waals surface area contributed by atoms with Gasteiger partial charge in [-0.1, -0.05) is 40.2 Å². The first-order chi connectivity index (χ1) is 11.0. The molecule has 1 amide bonds. The fourth-order valence-corrected chi connectivity index (χ4v) is 3.23. The molecule has 2 aromatic rings. The van der Waals surface area contributed by atoms with Crippen LogP contribution in [0.3, 0.4) is 0 Å². The third-order valence-corrected chi connectivity index (χ3v) is 5.01. The lowest BCUT2D eigenvalue weighted by molar-refractivity contribution is -0.133. The SMILES string of the molecule is COc1ccc(CN(C)C(=O)C2(c3ccc(Br)cc3)CC2)cc1. The van der Waals surface area contributed by atoms with Crippen molar-refractivity contribution in [3.05, 3.63) is 64.1 Å². The van der Waals surface area contributed by atoms with Crippen LogP contribution in [0, 0.1) is 0 Å². The third-order valence-electron chi connectivity index (χ3n) is 4.48. The summed E-state index contributed by atoms with van der Waals surface area (Å²) in [7, 11) is 3.53. The van der Waals surface area contributed by atoms with Crippen molar-refractivity contribution in [3.8, 4) is 5.75 Å². The number of methoxy groups -OCH3 is 1. The molecule has 1 aliphatic rings. The highest BCUT2D eigenvalue weighted by atomic mass is 79.9. The molecule has 0 bridgehead atoms. The zero-order chi connectivity index (χ0) is 16.4. The number of carbonyl (C=O) groups is 1. The molecule has 0 spiro atoms. The van der Waals surface area contributed by atoms with Crippen molar-refractivity contribution in [1.82, 2.24) is 4.90 Å². The lowest BCUT2D eigenvalue weighted by Crippen LogP contribution is -2.36. The van der Waals surface area contributed by atoms with Crippen LogP contribution in [0.4, 0.5) is 0 Å². The van der Waals surface area contributed by atoms with Gasteiger partial charge in [0.1, 0.15) is 5.75 Å². The summed E-state index contributed by atoms with van der Waals surface area (Å²) in [6.07, 6.45) is 1.86. The Labute approximate surface area is 145 Å². The number of amides is 1. The number of carbonyl (C=O) groups excluding carboxylic acids is 1. The summed E-state index contributed by atoms with van der Waals surface area (Å²) in [5, 5.41) is 0. The van der Waals surface area contributed by atoms with Crippen molar-refractivity contribution in [2.45, 2.75) is 24.8 Å². The Morgan fingerprint density at radius 2 is 1.74 bits per heavy atom. The van der Waals surface area contributed by atoms with Crippen LogP contribution in [-0.4, -0.2) is 25.0 Å². The summed E-state index contributed by atoms with van der Waals surface area (Å²) in [4.78, 5) is 14.8. The number of benzene rings is 2. The minimum atomic E-state index is -0.318. The molecule has 1 fully saturated rings. The van der Waals surface area contributed by atoms with Gasteiger partial charge in [-0.3, -0.25) is 4.79 Å². The van der Waals surface area contributed by atoms with Crippen LogP contribution in [0.5, 0.6) is 5.75 Å². The summed E-state index contributed by atoms with van der Waals surface area (Å²) in [5.74, 6) is 1.03. The molecule has 1 aliphatic carbocycles. The number of hydrogen-bond acceptors (Lipinski definition) is 2. The molecule has 120 valence electrons. The number of nitrogens with zero attached hydrogens (tertiary/aromatic N) is 1. The maximum absolute atomic E-state index is 12.9. The normalized spacial score (nSPS) is 15.1. The molecule has 2 aromatic carbocycles. The first kappa shape index (κ1) is 16.1.